The minimum atomic E-state index is -4.52. The van der Waals surface area contributed by atoms with Crippen molar-refractivity contribution in [1.29, 1.82) is 0 Å². The van der Waals surface area contributed by atoms with E-state index in [1.165, 1.54) is 0 Å². The Morgan fingerprint density at radius 2 is 1.82 bits per heavy atom. The van der Waals surface area contributed by atoms with E-state index >= 15 is 0 Å². The Kier molecular flexibility index (Phi) is 7.36. The van der Waals surface area contributed by atoms with Crippen LogP contribution in [-0.4, -0.2) is 62.3 Å². The summed E-state index contributed by atoms with van der Waals surface area (Å²) in [5, 5.41) is 12.3. The van der Waals surface area contributed by atoms with Gasteiger partial charge >= 0.3 is 0 Å². The molecule has 1 heterocycles. The first-order valence-electron chi connectivity index (χ1n) is 9.52. The van der Waals surface area contributed by atoms with Crippen LogP contribution >= 0.6 is 0 Å². The number of carbonyl (C=O) groups excluding carboxylic acids is 1. The lowest BCUT2D eigenvalue weighted by Gasteiger charge is -2.28. The van der Waals surface area contributed by atoms with E-state index in [0.29, 0.717) is 12.1 Å². The summed E-state index contributed by atoms with van der Waals surface area (Å²) < 4.78 is 98.9. The molecule has 3 rings (SSSR count). The van der Waals surface area contributed by atoms with E-state index in [0.717, 1.165) is 22.5 Å². The number of benzene rings is 2. The second-order valence-electron chi connectivity index (χ2n) is 7.41. The fraction of sp³-hybridized carbons (Fsp3) is 0.350. The predicted molar refractivity (Wildman–Crippen MR) is 106 cm³/mol. The topological polar surface area (TPSA) is 95.9 Å². The zero-order valence-corrected chi connectivity index (χ0v) is 17.8. The number of ether oxygens (including phenoxy) is 1. The molecule has 7 nitrogen and oxygen atoms in total. The van der Waals surface area contributed by atoms with Crippen LogP contribution in [0.15, 0.2) is 35.2 Å². The summed E-state index contributed by atoms with van der Waals surface area (Å²) in [5.41, 5.74) is -3.17. The van der Waals surface area contributed by atoms with Gasteiger partial charge in [0.25, 0.3) is 5.91 Å². The molecule has 2 N–H and O–H groups in total. The Balaban J connectivity index is 1.95. The van der Waals surface area contributed by atoms with Crippen LogP contribution in [0.1, 0.15) is 15.9 Å². The maximum atomic E-state index is 13.6. The number of β-amino-alcohol motifs (C(OH)–C–C–N with tert-alkyl or cyclic N) is 1. The van der Waals surface area contributed by atoms with Gasteiger partial charge in [0.1, 0.15) is 19.0 Å². The van der Waals surface area contributed by atoms with Gasteiger partial charge in [-0.2, -0.15) is 4.31 Å². The van der Waals surface area contributed by atoms with E-state index in [2.05, 4.69) is 5.32 Å². The van der Waals surface area contributed by atoms with Gasteiger partial charge in [0.2, 0.25) is 10.0 Å². The molecule has 1 fully saturated rings. The molecule has 1 aliphatic rings. The number of hydrogen-bond donors (Lipinski definition) is 2. The Morgan fingerprint density at radius 1 is 1.15 bits per heavy atom. The van der Waals surface area contributed by atoms with E-state index in [-0.39, 0.29) is 24.3 Å². The van der Waals surface area contributed by atoms with E-state index in [1.54, 1.807) is 0 Å². The molecule has 1 saturated heterocycles. The number of nitrogens with zero attached hydrogens (tertiary/aromatic N) is 1. The minimum absolute atomic E-state index is 0.158. The average Bonchev–Trinajstić information content (AvgIpc) is 2.99. The van der Waals surface area contributed by atoms with Gasteiger partial charge in [-0.1, -0.05) is 6.07 Å². The molecule has 0 bridgehead atoms. The zero-order chi connectivity index (χ0) is 24.4. The number of amides is 1. The van der Waals surface area contributed by atoms with Crippen LogP contribution < -0.4 is 5.32 Å². The minimum Gasteiger partial charge on any atom is -0.383 e. The van der Waals surface area contributed by atoms with Crippen LogP contribution in [0.25, 0.3) is 0 Å². The van der Waals surface area contributed by atoms with Crippen LogP contribution in [0.5, 0.6) is 0 Å². The van der Waals surface area contributed by atoms with Gasteiger partial charge in [-0.15, -0.1) is 0 Å². The lowest BCUT2D eigenvalue weighted by Crippen LogP contribution is -2.48. The first-order chi connectivity index (χ1) is 15.5. The largest absolute Gasteiger partial charge is 0.383 e. The second kappa shape index (κ2) is 9.71. The summed E-state index contributed by atoms with van der Waals surface area (Å²) in [4.78, 5) is 11.9. The van der Waals surface area contributed by atoms with Gasteiger partial charge in [0, 0.05) is 42.0 Å². The molecule has 0 radical (unpaired) electrons. The number of sulfonamides is 1. The molecule has 0 aliphatic carbocycles. The SMILES string of the molecule is O=C(Nc1cc(F)c(F)c(F)c1)c1ccc(CF)c(S(=O)(=O)N2CCOCC(O)(CF)C2)c1. The highest BCUT2D eigenvalue weighted by atomic mass is 32.2. The number of carbonyl (C=O) groups is 1. The van der Waals surface area contributed by atoms with Crippen molar-refractivity contribution in [1.82, 2.24) is 4.31 Å². The highest BCUT2D eigenvalue weighted by molar-refractivity contribution is 7.89. The maximum Gasteiger partial charge on any atom is 0.255 e. The Labute approximate surface area is 185 Å². The molecular weight excluding hydrogens is 475 g/mol. The summed E-state index contributed by atoms with van der Waals surface area (Å²) in [6.45, 7) is -4.04. The molecule has 0 spiro atoms. The van der Waals surface area contributed by atoms with Crippen LogP contribution in [0.3, 0.4) is 0 Å². The quantitative estimate of drug-likeness (QED) is 0.476. The van der Waals surface area contributed by atoms with Crippen molar-refractivity contribution in [2.75, 3.05) is 38.3 Å². The van der Waals surface area contributed by atoms with Gasteiger partial charge in [-0.3, -0.25) is 4.79 Å². The van der Waals surface area contributed by atoms with E-state index in [9.17, 15) is 40.3 Å². The van der Waals surface area contributed by atoms with E-state index in [4.69, 9.17) is 4.74 Å². The summed E-state index contributed by atoms with van der Waals surface area (Å²) in [6.07, 6.45) is 0. The molecule has 1 aliphatic heterocycles. The Hall–Kier alpha value is -2.61. The van der Waals surface area contributed by atoms with Gasteiger partial charge in [0.15, 0.2) is 17.5 Å². The fourth-order valence-corrected chi connectivity index (χ4v) is 4.92. The molecule has 0 aromatic heterocycles. The molecule has 1 atom stereocenters. The number of halogens is 5. The second-order valence-corrected chi connectivity index (χ2v) is 9.32. The number of hydrogen-bond acceptors (Lipinski definition) is 5. The average molecular weight is 494 g/mol. The molecule has 33 heavy (non-hydrogen) atoms. The molecular formula is C20H19F5N2O5S. The summed E-state index contributed by atoms with van der Waals surface area (Å²) in [7, 11) is -4.52. The highest BCUT2D eigenvalue weighted by Gasteiger charge is 2.39. The lowest BCUT2D eigenvalue weighted by molar-refractivity contribution is -0.0467. The number of anilines is 1. The molecule has 2 aromatic rings. The highest BCUT2D eigenvalue weighted by Crippen LogP contribution is 2.27. The Bertz CT molecular complexity index is 1140. The molecule has 0 saturated carbocycles. The summed E-state index contributed by atoms with van der Waals surface area (Å²) in [6, 6.07) is 4.01. The molecule has 1 amide bonds. The molecule has 1 unspecified atom stereocenters. The van der Waals surface area contributed by atoms with Crippen molar-refractivity contribution in [3.05, 3.63) is 58.9 Å². The summed E-state index contributed by atoms with van der Waals surface area (Å²) >= 11 is 0. The Morgan fingerprint density at radius 3 is 2.42 bits per heavy atom. The van der Waals surface area contributed by atoms with Crippen molar-refractivity contribution < 1.29 is 45.0 Å². The number of nitrogens with one attached hydrogen (secondary N) is 1. The van der Waals surface area contributed by atoms with Gasteiger partial charge < -0.3 is 15.2 Å². The van der Waals surface area contributed by atoms with Crippen LogP contribution in [0.2, 0.25) is 0 Å². The first-order valence-corrected chi connectivity index (χ1v) is 11.0. The van der Waals surface area contributed by atoms with E-state index < -0.39 is 76.1 Å². The van der Waals surface area contributed by atoms with Crippen molar-refractivity contribution in [3.63, 3.8) is 0 Å². The first kappa shape index (κ1) is 25.0. The number of rotatable bonds is 6. The predicted octanol–water partition coefficient (Wildman–Crippen LogP) is 2.55. The van der Waals surface area contributed by atoms with Crippen LogP contribution in [0.4, 0.5) is 27.6 Å². The summed E-state index contributed by atoms with van der Waals surface area (Å²) in [5.74, 6) is -5.85. The molecule has 2 aromatic carbocycles. The van der Waals surface area contributed by atoms with Crippen LogP contribution in [0, 0.1) is 17.5 Å². The van der Waals surface area contributed by atoms with Crippen molar-refractivity contribution in [2.24, 2.45) is 0 Å². The number of alkyl halides is 2. The van der Waals surface area contributed by atoms with E-state index in [1.807, 2.05) is 0 Å². The number of aliphatic hydroxyl groups is 1. The molecule has 13 heteroatoms. The third-order valence-corrected chi connectivity index (χ3v) is 6.84. The van der Waals surface area contributed by atoms with Crippen molar-refractivity contribution >= 4 is 21.6 Å². The zero-order valence-electron chi connectivity index (χ0n) is 17.0. The smallest absolute Gasteiger partial charge is 0.255 e. The maximum absolute atomic E-state index is 13.6. The lowest BCUT2D eigenvalue weighted by atomic mass is 10.1. The van der Waals surface area contributed by atoms with Gasteiger partial charge in [0.05, 0.1) is 18.1 Å². The van der Waals surface area contributed by atoms with Gasteiger partial charge in [-0.25, -0.2) is 30.4 Å². The molecule has 180 valence electrons. The third kappa shape index (κ3) is 5.32. The monoisotopic (exact) mass is 494 g/mol. The van der Waals surface area contributed by atoms with Crippen LogP contribution in [-0.2, 0) is 21.4 Å². The fourth-order valence-electron chi connectivity index (χ4n) is 3.18. The standard InChI is InChI=1S/C20H19F5N2O5S/c21-8-13-2-1-12(19(28)26-14-6-15(23)18(25)16(24)7-14)5-17(13)33(30,31)27-3-4-32-11-20(29,9-22)10-27/h1-2,5-7,29H,3-4,8-11H2,(H,26,28). The van der Waals surface area contributed by atoms with Crippen molar-refractivity contribution in [3.8, 4) is 0 Å². The van der Waals surface area contributed by atoms with Gasteiger partial charge in [-0.05, 0) is 12.1 Å². The normalized spacial score (nSPS) is 19.8. The van der Waals surface area contributed by atoms with Crippen molar-refractivity contribution in [2.45, 2.75) is 17.2 Å². The third-order valence-electron chi connectivity index (χ3n) is 4.91.